The Kier molecular flexibility index (Phi) is 5.54. The van der Waals surface area contributed by atoms with Crippen LogP contribution in [0.3, 0.4) is 0 Å². The Balaban J connectivity index is 1.99. The van der Waals surface area contributed by atoms with E-state index in [1.807, 2.05) is 6.92 Å². The van der Waals surface area contributed by atoms with Crippen molar-refractivity contribution in [2.75, 3.05) is 0 Å². The van der Waals surface area contributed by atoms with E-state index in [-0.39, 0.29) is 16.6 Å². The smallest absolute Gasteiger partial charge is 0.167 e. The molecule has 2 aliphatic rings. The third-order valence-corrected chi connectivity index (χ3v) is 7.24. The summed E-state index contributed by atoms with van der Waals surface area (Å²) in [5.41, 5.74) is 3.83. The van der Waals surface area contributed by atoms with Gasteiger partial charge >= 0.3 is 0 Å². The van der Waals surface area contributed by atoms with Gasteiger partial charge in [-0.2, -0.15) is 0 Å². The molecule has 1 saturated carbocycles. The summed E-state index contributed by atoms with van der Waals surface area (Å²) in [4.78, 5) is 13.4. The van der Waals surface area contributed by atoms with Gasteiger partial charge in [0.05, 0.1) is 10.1 Å². The molecule has 4 heteroatoms. The summed E-state index contributed by atoms with van der Waals surface area (Å²) in [6.45, 7) is 14.6. The van der Waals surface area contributed by atoms with Crippen molar-refractivity contribution in [2.45, 2.75) is 85.0 Å². The predicted octanol–water partition coefficient (Wildman–Crippen LogP) is 7.29. The summed E-state index contributed by atoms with van der Waals surface area (Å²) in [5.74, 6) is 0.512. The zero-order valence-corrected chi connectivity index (χ0v) is 20.1. The fourth-order valence-corrected chi connectivity index (χ4v) is 4.70. The number of Topliss-reactive ketones (excluding diaryl/α,β-unsaturated/α-hetero) is 1. The molecule has 0 spiro atoms. The molecule has 1 aromatic rings. The molecule has 29 heavy (non-hydrogen) atoms. The molecule has 0 aliphatic heterocycles. The van der Waals surface area contributed by atoms with Crippen LogP contribution in [-0.2, 0) is 22.0 Å². The molecule has 3 rings (SSSR count). The van der Waals surface area contributed by atoms with Crippen molar-refractivity contribution < 1.29 is 9.90 Å². The molecule has 1 N–H and O–H groups in total. The predicted molar refractivity (Wildman–Crippen MR) is 122 cm³/mol. The number of benzene rings is 1. The third kappa shape index (κ3) is 4.16. The number of rotatable bonds is 4. The number of phenolic OH excluding ortho intramolecular Hbond substituents is 1. The first-order valence-electron chi connectivity index (χ1n) is 10.3. The van der Waals surface area contributed by atoms with E-state index in [9.17, 15) is 9.90 Å². The van der Waals surface area contributed by atoms with Crippen LogP contribution in [-0.4, -0.2) is 10.9 Å². The number of ketones is 1. The van der Waals surface area contributed by atoms with Crippen LogP contribution >= 0.6 is 23.2 Å². The van der Waals surface area contributed by atoms with Crippen LogP contribution in [0.25, 0.3) is 0 Å². The van der Waals surface area contributed by atoms with E-state index in [1.54, 1.807) is 0 Å². The molecule has 2 aliphatic carbocycles. The molecule has 0 atom stereocenters. The molecule has 0 radical (unpaired) electrons. The van der Waals surface area contributed by atoms with Crippen molar-refractivity contribution >= 4 is 29.0 Å². The van der Waals surface area contributed by atoms with Gasteiger partial charge in [-0.25, -0.2) is 0 Å². The van der Waals surface area contributed by atoms with Gasteiger partial charge in [0.25, 0.3) is 0 Å². The van der Waals surface area contributed by atoms with Gasteiger partial charge in [-0.05, 0) is 65.7 Å². The Hall–Kier alpha value is -1.25. The largest absolute Gasteiger partial charge is 0.507 e. The van der Waals surface area contributed by atoms with Crippen LogP contribution in [0, 0.1) is 5.41 Å². The normalized spacial score (nSPS) is 19.2. The van der Waals surface area contributed by atoms with Gasteiger partial charge in [0.1, 0.15) is 5.75 Å². The maximum atomic E-state index is 13.4. The highest BCUT2D eigenvalue weighted by atomic mass is 35.5. The van der Waals surface area contributed by atoms with Crippen LogP contribution in [0.2, 0.25) is 0 Å². The van der Waals surface area contributed by atoms with Gasteiger partial charge in [0, 0.05) is 11.0 Å². The average molecular weight is 435 g/mol. The molecule has 2 nitrogen and oxygen atoms in total. The number of carbonyl (C=O) groups excluding carboxylic acids is 1. The number of halogens is 2. The van der Waals surface area contributed by atoms with Crippen molar-refractivity contribution in [3.63, 3.8) is 0 Å². The molecule has 158 valence electrons. The molecule has 0 saturated heterocycles. The van der Waals surface area contributed by atoms with Gasteiger partial charge in [0.15, 0.2) is 5.78 Å². The second-order valence-electron chi connectivity index (χ2n) is 10.9. The van der Waals surface area contributed by atoms with Gasteiger partial charge < -0.3 is 5.11 Å². The van der Waals surface area contributed by atoms with Crippen LogP contribution in [0.1, 0.15) is 84.4 Å². The second kappa shape index (κ2) is 7.17. The number of phenols is 1. The lowest BCUT2D eigenvalue weighted by molar-refractivity contribution is -0.120. The van der Waals surface area contributed by atoms with Crippen molar-refractivity contribution in [3.05, 3.63) is 50.0 Å². The van der Waals surface area contributed by atoms with Gasteiger partial charge in [0.2, 0.25) is 0 Å². The maximum absolute atomic E-state index is 13.4. The quantitative estimate of drug-likeness (QED) is 0.539. The Morgan fingerprint density at radius 2 is 1.48 bits per heavy atom. The summed E-state index contributed by atoms with van der Waals surface area (Å²) in [7, 11) is 0. The van der Waals surface area contributed by atoms with Crippen molar-refractivity contribution in [3.8, 4) is 5.75 Å². The fraction of sp³-hybridized carbons (Fsp3) is 0.560. The minimum Gasteiger partial charge on any atom is -0.507 e. The molecular weight excluding hydrogens is 403 g/mol. The van der Waals surface area contributed by atoms with Gasteiger partial charge in [-0.1, -0.05) is 76.9 Å². The monoisotopic (exact) mass is 434 g/mol. The first-order chi connectivity index (χ1) is 13.2. The van der Waals surface area contributed by atoms with Gasteiger partial charge in [-0.3, -0.25) is 4.79 Å². The SMILES string of the molecule is CC1=C(Cl)C(Cl)=C(C(=O)C2(Cc3cc(C(C)(C)C)c(O)c(C(C)(C)C)c3)CC2)C1. The molecule has 0 bridgehead atoms. The highest BCUT2D eigenvalue weighted by Gasteiger charge is 2.51. The lowest BCUT2D eigenvalue weighted by Gasteiger charge is -2.29. The molecule has 0 amide bonds. The van der Waals surface area contributed by atoms with Crippen LogP contribution in [0.5, 0.6) is 5.75 Å². The van der Waals surface area contributed by atoms with E-state index in [4.69, 9.17) is 23.2 Å². The summed E-state index contributed by atoms with van der Waals surface area (Å²) < 4.78 is 0. The van der Waals surface area contributed by atoms with Crippen molar-refractivity contribution in [1.29, 1.82) is 0 Å². The van der Waals surface area contributed by atoms with Crippen molar-refractivity contribution in [1.82, 2.24) is 0 Å². The highest BCUT2D eigenvalue weighted by molar-refractivity contribution is 6.46. The van der Waals surface area contributed by atoms with E-state index < -0.39 is 5.41 Å². The Labute approximate surface area is 185 Å². The third-order valence-electron chi connectivity index (χ3n) is 6.21. The molecule has 0 unspecified atom stereocenters. The Morgan fingerprint density at radius 1 is 1.00 bits per heavy atom. The number of hydrogen-bond acceptors (Lipinski definition) is 2. The molecular formula is C25H32Cl2O2. The average Bonchev–Trinajstić information content (AvgIpc) is 3.32. The fourth-order valence-electron chi connectivity index (χ4n) is 4.21. The number of carbonyl (C=O) groups is 1. The van der Waals surface area contributed by atoms with Gasteiger partial charge in [-0.15, -0.1) is 0 Å². The summed E-state index contributed by atoms with van der Waals surface area (Å²) in [6, 6.07) is 4.16. The summed E-state index contributed by atoms with van der Waals surface area (Å²) >= 11 is 12.6. The first-order valence-corrected chi connectivity index (χ1v) is 11.1. The lowest BCUT2D eigenvalue weighted by atomic mass is 9.77. The number of allylic oxidation sites excluding steroid dienone is 4. The first kappa shape index (κ1) is 22.4. The lowest BCUT2D eigenvalue weighted by Crippen LogP contribution is -2.22. The molecule has 1 aromatic carbocycles. The van der Waals surface area contributed by atoms with Crippen LogP contribution in [0.15, 0.2) is 33.3 Å². The summed E-state index contributed by atoms with van der Waals surface area (Å²) in [5, 5.41) is 11.9. The highest BCUT2D eigenvalue weighted by Crippen LogP contribution is 2.54. The molecule has 0 heterocycles. The summed E-state index contributed by atoms with van der Waals surface area (Å²) in [6.07, 6.45) is 2.95. The zero-order valence-electron chi connectivity index (χ0n) is 18.6. The maximum Gasteiger partial charge on any atom is 0.167 e. The molecule has 0 aromatic heterocycles. The van der Waals surface area contributed by atoms with Crippen LogP contribution in [0.4, 0.5) is 0 Å². The molecule has 1 fully saturated rings. The minimum atomic E-state index is -0.390. The number of hydrogen-bond donors (Lipinski definition) is 1. The topological polar surface area (TPSA) is 37.3 Å². The van der Waals surface area contributed by atoms with Crippen molar-refractivity contribution in [2.24, 2.45) is 5.41 Å². The Morgan fingerprint density at radius 3 is 1.83 bits per heavy atom. The zero-order chi connectivity index (χ0) is 21.9. The number of aromatic hydroxyl groups is 1. The van der Waals surface area contributed by atoms with E-state index >= 15 is 0 Å². The van der Waals surface area contributed by atoms with E-state index in [0.717, 1.165) is 35.1 Å². The van der Waals surface area contributed by atoms with E-state index in [2.05, 4.69) is 53.7 Å². The van der Waals surface area contributed by atoms with Crippen LogP contribution < -0.4 is 0 Å². The van der Waals surface area contributed by atoms with E-state index in [0.29, 0.717) is 34.2 Å². The standard InChI is InChI=1S/C25H32Cl2O2/c1-14-10-16(20(27)19(14)26)22(29)25(8-9-25)13-15-11-17(23(2,3)4)21(28)18(12-15)24(5,6)7/h11-12,28H,8-10,13H2,1-7H3. The second-order valence-corrected chi connectivity index (χ2v) is 11.6. The Bertz CT molecular complexity index is 898. The van der Waals surface area contributed by atoms with E-state index in [1.165, 1.54) is 0 Å². The minimum absolute atomic E-state index is 0.139.